The van der Waals surface area contributed by atoms with Crippen molar-refractivity contribution in [1.82, 2.24) is 0 Å². The molecule has 0 radical (unpaired) electrons. The number of ether oxygens (including phenoxy) is 1. The summed E-state index contributed by atoms with van der Waals surface area (Å²) in [6.07, 6.45) is -9.17. The molecule has 0 N–H and O–H groups in total. The minimum Gasteiger partial charge on any atom is -0.429 e. The largest absolute Gasteiger partial charge is 0.429 e. The molecular formula is C17H13F7O. The van der Waals surface area contributed by atoms with Crippen LogP contribution >= 0.6 is 0 Å². The Labute approximate surface area is 139 Å². The highest BCUT2D eigenvalue weighted by molar-refractivity contribution is 5.39. The van der Waals surface area contributed by atoms with Crippen LogP contribution < -0.4 is 4.74 Å². The summed E-state index contributed by atoms with van der Waals surface area (Å²) >= 11 is 0. The fourth-order valence-electron chi connectivity index (χ4n) is 2.61. The van der Waals surface area contributed by atoms with Crippen molar-refractivity contribution in [3.05, 3.63) is 63.7 Å². The first-order valence-electron chi connectivity index (χ1n) is 7.04. The van der Waals surface area contributed by atoms with Gasteiger partial charge in [0.1, 0.15) is 22.9 Å². The lowest BCUT2D eigenvalue weighted by Crippen LogP contribution is -2.25. The minimum atomic E-state index is -4.98. The average molecular weight is 366 g/mol. The van der Waals surface area contributed by atoms with Gasteiger partial charge in [-0.25, -0.2) is 8.78 Å². The molecule has 8 heteroatoms. The summed E-state index contributed by atoms with van der Waals surface area (Å²) in [4.78, 5) is 0. The number of alkyl halides is 5. The SMILES string of the molecule is Cc1cc(C)c(C(F)(F)Oc2cc(C)c(C(F)(F)F)c(F)c2)c(F)c1. The lowest BCUT2D eigenvalue weighted by Gasteiger charge is -2.22. The van der Waals surface area contributed by atoms with Crippen LogP contribution in [0.1, 0.15) is 27.8 Å². The van der Waals surface area contributed by atoms with Gasteiger partial charge in [-0.2, -0.15) is 22.0 Å². The molecule has 0 aliphatic carbocycles. The summed E-state index contributed by atoms with van der Waals surface area (Å²) in [5, 5.41) is 0. The van der Waals surface area contributed by atoms with Gasteiger partial charge in [-0.1, -0.05) is 6.07 Å². The Morgan fingerprint density at radius 1 is 0.720 bits per heavy atom. The molecule has 0 amide bonds. The molecule has 0 bridgehead atoms. The number of hydrogen-bond acceptors (Lipinski definition) is 1. The molecule has 136 valence electrons. The van der Waals surface area contributed by atoms with Crippen LogP contribution in [0.15, 0.2) is 24.3 Å². The first kappa shape index (κ1) is 19.1. The second-order valence-electron chi connectivity index (χ2n) is 5.65. The van der Waals surface area contributed by atoms with Gasteiger partial charge in [0, 0.05) is 6.07 Å². The number of aryl methyl sites for hydroxylation is 3. The zero-order valence-corrected chi connectivity index (χ0v) is 13.4. The third-order valence-corrected chi connectivity index (χ3v) is 3.51. The van der Waals surface area contributed by atoms with Crippen LogP contribution in [0.25, 0.3) is 0 Å². The van der Waals surface area contributed by atoms with Crippen molar-refractivity contribution in [1.29, 1.82) is 0 Å². The molecule has 0 spiro atoms. The van der Waals surface area contributed by atoms with Crippen molar-refractivity contribution in [2.24, 2.45) is 0 Å². The van der Waals surface area contributed by atoms with Gasteiger partial charge in [0.2, 0.25) is 0 Å². The van der Waals surface area contributed by atoms with E-state index >= 15 is 0 Å². The molecule has 1 nitrogen and oxygen atoms in total. The van der Waals surface area contributed by atoms with Crippen molar-refractivity contribution < 1.29 is 35.5 Å². The van der Waals surface area contributed by atoms with Crippen molar-refractivity contribution >= 4 is 0 Å². The molecule has 0 atom stereocenters. The molecule has 25 heavy (non-hydrogen) atoms. The Bertz CT molecular complexity index is 763. The number of benzene rings is 2. The monoisotopic (exact) mass is 366 g/mol. The van der Waals surface area contributed by atoms with E-state index in [1.54, 1.807) is 0 Å². The van der Waals surface area contributed by atoms with Crippen molar-refractivity contribution in [3.8, 4) is 5.75 Å². The third-order valence-electron chi connectivity index (χ3n) is 3.51. The van der Waals surface area contributed by atoms with Gasteiger partial charge in [0.25, 0.3) is 0 Å². The summed E-state index contributed by atoms with van der Waals surface area (Å²) in [6.45, 7) is 3.66. The summed E-state index contributed by atoms with van der Waals surface area (Å²) in [6, 6.07) is 3.00. The Kier molecular flexibility index (Phi) is 4.76. The van der Waals surface area contributed by atoms with Crippen molar-refractivity contribution in [2.75, 3.05) is 0 Å². The Morgan fingerprint density at radius 3 is 1.72 bits per heavy atom. The van der Waals surface area contributed by atoms with E-state index < -0.39 is 46.4 Å². The fourth-order valence-corrected chi connectivity index (χ4v) is 2.61. The van der Waals surface area contributed by atoms with Crippen molar-refractivity contribution in [3.63, 3.8) is 0 Å². The van der Waals surface area contributed by atoms with Crippen LogP contribution in [0.4, 0.5) is 30.7 Å². The number of halogens is 7. The molecule has 0 heterocycles. The third kappa shape index (κ3) is 3.88. The molecule has 2 aromatic rings. The topological polar surface area (TPSA) is 9.23 Å². The van der Waals surface area contributed by atoms with Gasteiger partial charge >= 0.3 is 12.3 Å². The van der Waals surface area contributed by atoms with E-state index in [2.05, 4.69) is 4.74 Å². The maximum atomic E-state index is 14.3. The average Bonchev–Trinajstić information content (AvgIpc) is 2.32. The van der Waals surface area contributed by atoms with Crippen LogP contribution in [-0.2, 0) is 12.3 Å². The summed E-state index contributed by atoms with van der Waals surface area (Å²) in [5.74, 6) is -3.82. The zero-order chi connectivity index (χ0) is 19.2. The molecule has 2 rings (SSSR count). The molecular weight excluding hydrogens is 353 g/mol. The van der Waals surface area contributed by atoms with E-state index in [1.807, 2.05) is 0 Å². The van der Waals surface area contributed by atoms with Gasteiger partial charge in [-0.15, -0.1) is 0 Å². The van der Waals surface area contributed by atoms with E-state index in [1.165, 1.54) is 19.9 Å². The normalized spacial score (nSPS) is 12.4. The fraction of sp³-hybridized carbons (Fsp3) is 0.294. The maximum Gasteiger partial charge on any atom is 0.429 e. The van der Waals surface area contributed by atoms with Crippen LogP contribution in [0.3, 0.4) is 0 Å². The van der Waals surface area contributed by atoms with E-state index in [-0.39, 0.29) is 11.6 Å². The Morgan fingerprint density at radius 2 is 1.24 bits per heavy atom. The molecule has 0 aliphatic heterocycles. The van der Waals surface area contributed by atoms with Gasteiger partial charge in [-0.3, -0.25) is 0 Å². The van der Waals surface area contributed by atoms with Gasteiger partial charge in [-0.05, 0) is 49.6 Å². The Balaban J connectivity index is 2.46. The summed E-state index contributed by atoms with van der Waals surface area (Å²) in [5.41, 5.74) is -2.95. The summed E-state index contributed by atoms with van der Waals surface area (Å²) in [7, 11) is 0. The lowest BCUT2D eigenvalue weighted by molar-refractivity contribution is -0.188. The highest BCUT2D eigenvalue weighted by Crippen LogP contribution is 2.39. The quantitative estimate of drug-likeness (QED) is 0.602. The molecule has 0 fully saturated rings. The van der Waals surface area contributed by atoms with Crippen molar-refractivity contribution in [2.45, 2.75) is 33.1 Å². The zero-order valence-electron chi connectivity index (χ0n) is 13.4. The van der Waals surface area contributed by atoms with Crippen LogP contribution in [-0.4, -0.2) is 0 Å². The molecule has 0 unspecified atom stereocenters. The molecule has 2 aromatic carbocycles. The van der Waals surface area contributed by atoms with Gasteiger partial charge in [0.15, 0.2) is 0 Å². The predicted octanol–water partition coefficient (Wildman–Crippen LogP) is 6.04. The van der Waals surface area contributed by atoms with E-state index in [4.69, 9.17) is 0 Å². The molecule has 0 saturated heterocycles. The number of rotatable bonds is 3. The van der Waals surface area contributed by atoms with Gasteiger partial charge in [0.05, 0.1) is 5.56 Å². The molecule has 0 aromatic heterocycles. The van der Waals surface area contributed by atoms with E-state index in [9.17, 15) is 30.7 Å². The number of hydrogen-bond donors (Lipinski definition) is 0. The Hall–Kier alpha value is -2.25. The van der Waals surface area contributed by atoms with Gasteiger partial charge < -0.3 is 4.74 Å². The standard InChI is InChI=1S/C17H13F7O/c1-8-4-9(2)15(12(18)5-8)17(23,24)25-11-6-10(3)14(13(19)7-11)16(20,21)22/h4-7H,1-3H3. The van der Waals surface area contributed by atoms with Crippen LogP contribution in [0.5, 0.6) is 5.75 Å². The first-order valence-corrected chi connectivity index (χ1v) is 7.04. The maximum absolute atomic E-state index is 14.3. The first-order chi connectivity index (χ1) is 11.3. The predicted molar refractivity (Wildman–Crippen MR) is 76.5 cm³/mol. The molecule has 0 aliphatic rings. The summed E-state index contributed by atoms with van der Waals surface area (Å²) < 4.78 is 98.6. The highest BCUT2D eigenvalue weighted by atomic mass is 19.4. The molecule has 0 saturated carbocycles. The second-order valence-corrected chi connectivity index (χ2v) is 5.65. The van der Waals surface area contributed by atoms with E-state index in [0.717, 1.165) is 13.0 Å². The van der Waals surface area contributed by atoms with Crippen LogP contribution in [0.2, 0.25) is 0 Å². The highest BCUT2D eigenvalue weighted by Gasteiger charge is 2.41. The smallest absolute Gasteiger partial charge is 0.429 e. The second kappa shape index (κ2) is 6.24. The van der Waals surface area contributed by atoms with E-state index in [0.29, 0.717) is 11.6 Å². The lowest BCUT2D eigenvalue weighted by atomic mass is 10.0. The van der Waals surface area contributed by atoms with Crippen LogP contribution in [0, 0.1) is 32.4 Å². The minimum absolute atomic E-state index is 0.105.